The Bertz CT molecular complexity index is 748. The number of hydrogen-bond donors (Lipinski definition) is 0. The molecule has 0 spiro atoms. The van der Waals surface area contributed by atoms with Crippen molar-refractivity contribution in [3.8, 4) is 6.07 Å². The van der Waals surface area contributed by atoms with Crippen LogP contribution in [0, 0.1) is 23.2 Å². The van der Waals surface area contributed by atoms with Crippen LogP contribution in [0.5, 0.6) is 0 Å². The van der Waals surface area contributed by atoms with Gasteiger partial charge in [0.15, 0.2) is 5.83 Å². The van der Waals surface area contributed by atoms with E-state index in [0.717, 1.165) is 57.8 Å². The van der Waals surface area contributed by atoms with Crippen LogP contribution in [0.2, 0.25) is 0 Å². The first-order valence-corrected chi connectivity index (χ1v) is 11.7. The minimum Gasteiger partial charge on any atom is -0.462 e. The Hall–Kier alpha value is -2.15. The van der Waals surface area contributed by atoms with Gasteiger partial charge in [-0.2, -0.15) is 9.65 Å². The monoisotopic (exact) mass is 411 g/mol. The molecular formula is C26H34FNO2. The van der Waals surface area contributed by atoms with Crippen molar-refractivity contribution in [1.82, 2.24) is 0 Å². The quantitative estimate of drug-likeness (QED) is 0.367. The molecule has 3 nitrogen and oxygen atoms in total. The minimum absolute atomic E-state index is 0.0127. The molecule has 30 heavy (non-hydrogen) atoms. The van der Waals surface area contributed by atoms with Gasteiger partial charge in [0.05, 0.1) is 5.92 Å². The molecule has 162 valence electrons. The third kappa shape index (κ3) is 6.42. The van der Waals surface area contributed by atoms with Gasteiger partial charge in [-0.3, -0.25) is 4.79 Å². The van der Waals surface area contributed by atoms with Crippen molar-refractivity contribution >= 4 is 5.97 Å². The summed E-state index contributed by atoms with van der Waals surface area (Å²) in [5, 5.41) is 8.55. The number of ether oxygens (including phenoxy) is 1. The van der Waals surface area contributed by atoms with Gasteiger partial charge in [-0.25, -0.2) is 0 Å². The van der Waals surface area contributed by atoms with Crippen LogP contribution in [-0.4, -0.2) is 12.1 Å². The summed E-state index contributed by atoms with van der Waals surface area (Å²) < 4.78 is 18.9. The Balaban J connectivity index is 1.41. The number of nitrogens with zero attached hydrogens (tertiary/aromatic N) is 1. The van der Waals surface area contributed by atoms with Crippen molar-refractivity contribution in [2.45, 2.75) is 89.6 Å². The predicted octanol–water partition coefficient (Wildman–Crippen LogP) is 6.78. The van der Waals surface area contributed by atoms with Crippen molar-refractivity contribution in [2.24, 2.45) is 11.8 Å². The number of rotatable bonds is 7. The lowest BCUT2D eigenvalue weighted by Gasteiger charge is -2.31. The summed E-state index contributed by atoms with van der Waals surface area (Å²) in [5.74, 6) is -0.109. The molecular weight excluding hydrogens is 377 g/mol. The first kappa shape index (κ1) is 22.5. The van der Waals surface area contributed by atoms with Crippen LogP contribution in [-0.2, 0) is 16.0 Å². The smallest absolute Gasteiger partial charge is 0.309 e. The minimum atomic E-state index is -0.706. The second-order valence-corrected chi connectivity index (χ2v) is 8.99. The summed E-state index contributed by atoms with van der Waals surface area (Å²) in [5.41, 5.74) is 2.82. The van der Waals surface area contributed by atoms with E-state index in [1.54, 1.807) is 0 Å². The van der Waals surface area contributed by atoms with Gasteiger partial charge in [0.25, 0.3) is 0 Å². The van der Waals surface area contributed by atoms with Crippen LogP contribution in [0.1, 0.15) is 88.2 Å². The van der Waals surface area contributed by atoms with E-state index in [4.69, 9.17) is 10.00 Å². The predicted molar refractivity (Wildman–Crippen MR) is 116 cm³/mol. The van der Waals surface area contributed by atoms with Crippen molar-refractivity contribution in [2.75, 3.05) is 0 Å². The first-order valence-electron chi connectivity index (χ1n) is 11.7. The third-order valence-electron chi connectivity index (χ3n) is 6.82. The zero-order chi connectivity index (χ0) is 21.3. The molecule has 2 saturated carbocycles. The molecule has 0 bridgehead atoms. The summed E-state index contributed by atoms with van der Waals surface area (Å²) >= 11 is 0. The molecule has 3 rings (SSSR count). The molecule has 0 heterocycles. The highest BCUT2D eigenvalue weighted by Crippen LogP contribution is 2.37. The van der Waals surface area contributed by atoms with Gasteiger partial charge in [-0.15, -0.1) is 0 Å². The maximum Gasteiger partial charge on any atom is 0.309 e. The van der Waals surface area contributed by atoms with Gasteiger partial charge in [0, 0.05) is 0 Å². The number of unbranched alkanes of at least 4 members (excludes halogenated alkanes) is 1. The summed E-state index contributed by atoms with van der Waals surface area (Å²) in [6, 6.07) is 10.6. The zero-order valence-electron chi connectivity index (χ0n) is 18.1. The number of aryl methyl sites for hydroxylation is 1. The highest BCUT2D eigenvalue weighted by Gasteiger charge is 2.31. The van der Waals surface area contributed by atoms with Crippen LogP contribution >= 0.6 is 0 Å². The van der Waals surface area contributed by atoms with E-state index in [0.29, 0.717) is 5.92 Å². The molecule has 2 aliphatic carbocycles. The van der Waals surface area contributed by atoms with Gasteiger partial charge in [0.2, 0.25) is 0 Å². The number of esters is 1. The normalized spacial score (nSPS) is 27.3. The van der Waals surface area contributed by atoms with Gasteiger partial charge >= 0.3 is 5.97 Å². The fourth-order valence-corrected chi connectivity index (χ4v) is 4.88. The van der Waals surface area contributed by atoms with E-state index in [9.17, 15) is 9.18 Å². The topological polar surface area (TPSA) is 50.1 Å². The van der Waals surface area contributed by atoms with E-state index in [2.05, 4.69) is 31.2 Å². The molecule has 0 unspecified atom stereocenters. The summed E-state index contributed by atoms with van der Waals surface area (Å²) in [6.45, 7) is 2.22. The van der Waals surface area contributed by atoms with Crippen LogP contribution < -0.4 is 0 Å². The average molecular weight is 412 g/mol. The second-order valence-electron chi connectivity index (χ2n) is 8.99. The van der Waals surface area contributed by atoms with Gasteiger partial charge in [-0.05, 0) is 93.2 Å². The molecule has 0 radical (unpaired) electrons. The van der Waals surface area contributed by atoms with Crippen molar-refractivity contribution < 1.29 is 13.9 Å². The zero-order valence-corrected chi connectivity index (χ0v) is 18.1. The maximum absolute atomic E-state index is 13.1. The fraction of sp³-hybridized carbons (Fsp3) is 0.615. The van der Waals surface area contributed by atoms with E-state index in [1.807, 2.05) is 0 Å². The lowest BCUT2D eigenvalue weighted by Crippen LogP contribution is -2.29. The summed E-state index contributed by atoms with van der Waals surface area (Å²) in [7, 11) is 0. The van der Waals surface area contributed by atoms with Crippen LogP contribution in [0.15, 0.2) is 36.2 Å². The Morgan fingerprint density at radius 3 is 2.37 bits per heavy atom. The second kappa shape index (κ2) is 11.3. The highest BCUT2D eigenvalue weighted by atomic mass is 19.1. The molecule has 0 N–H and O–H groups in total. The molecule has 2 aliphatic rings. The number of hydrogen-bond acceptors (Lipinski definition) is 3. The van der Waals surface area contributed by atoms with Crippen LogP contribution in [0.3, 0.4) is 0 Å². The highest BCUT2D eigenvalue weighted by molar-refractivity contribution is 5.72. The molecule has 1 aromatic rings. The number of carbonyl (C=O) groups excluding carboxylic acids is 1. The molecule has 0 aliphatic heterocycles. The number of allylic oxidation sites excluding steroid dienone is 2. The van der Waals surface area contributed by atoms with Gasteiger partial charge in [0.1, 0.15) is 12.2 Å². The van der Waals surface area contributed by atoms with E-state index in [1.165, 1.54) is 36.1 Å². The molecule has 0 saturated heterocycles. The molecule has 1 aromatic carbocycles. The van der Waals surface area contributed by atoms with Gasteiger partial charge < -0.3 is 4.74 Å². The van der Waals surface area contributed by atoms with E-state index in [-0.39, 0.29) is 23.9 Å². The van der Waals surface area contributed by atoms with Crippen LogP contribution in [0.25, 0.3) is 0 Å². The molecule has 0 atom stereocenters. The lowest BCUT2D eigenvalue weighted by atomic mass is 9.78. The summed E-state index contributed by atoms with van der Waals surface area (Å²) in [6.07, 6.45) is 11.9. The number of carbonyl (C=O) groups is 1. The SMILES string of the molecule is CCCCc1ccc([C@H]2CC[C@H](C(=O)O[C@H]3CC[C@H](C=C(F)C#N)CC3)CC2)cc1. The fourth-order valence-electron chi connectivity index (χ4n) is 4.88. The number of benzene rings is 1. The number of halogens is 1. The van der Waals surface area contributed by atoms with Crippen molar-refractivity contribution in [1.29, 1.82) is 5.26 Å². The lowest BCUT2D eigenvalue weighted by molar-refractivity contribution is -0.157. The van der Waals surface area contributed by atoms with Gasteiger partial charge in [-0.1, -0.05) is 37.6 Å². The summed E-state index contributed by atoms with van der Waals surface area (Å²) in [4.78, 5) is 12.6. The number of nitriles is 1. The Morgan fingerprint density at radius 2 is 1.77 bits per heavy atom. The van der Waals surface area contributed by atoms with Crippen LogP contribution in [0.4, 0.5) is 4.39 Å². The standard InChI is InChI=1S/C26H34FNO2/c1-2-3-4-19-5-9-21(10-6-19)22-11-13-23(14-12-22)26(29)30-25-15-7-20(8-16-25)17-24(27)18-28/h5-6,9-10,17,20,22-23,25H,2-4,7-8,11-16H2,1H3/t20-,22-,23-,25-. The molecule has 2 fully saturated rings. The van der Waals surface area contributed by atoms with E-state index < -0.39 is 5.83 Å². The maximum atomic E-state index is 13.1. The average Bonchev–Trinajstić information content (AvgIpc) is 2.79. The first-order chi connectivity index (χ1) is 14.6. The Labute approximate surface area is 180 Å². The third-order valence-corrected chi connectivity index (χ3v) is 6.82. The van der Waals surface area contributed by atoms with E-state index >= 15 is 0 Å². The molecule has 4 heteroatoms. The Kier molecular flexibility index (Phi) is 8.49. The Morgan fingerprint density at radius 1 is 1.10 bits per heavy atom. The van der Waals surface area contributed by atoms with Crippen molar-refractivity contribution in [3.05, 3.63) is 47.3 Å². The molecule has 0 aromatic heterocycles. The molecule has 0 amide bonds. The largest absolute Gasteiger partial charge is 0.462 e. The van der Waals surface area contributed by atoms with Crippen molar-refractivity contribution in [3.63, 3.8) is 0 Å².